The zero-order chi connectivity index (χ0) is 22.5. The number of hydrogen-bond acceptors (Lipinski definition) is 4. The van der Waals surface area contributed by atoms with Crippen LogP contribution in [0.2, 0.25) is 0 Å². The number of fused-ring (bicyclic) bond motifs is 1. The minimum Gasteiger partial charge on any atom is -0.489 e. The number of aryl methyl sites for hydroxylation is 1. The molecule has 7 heteroatoms. The lowest BCUT2D eigenvalue weighted by Gasteiger charge is -2.09. The number of aliphatic carboxylic acids is 1. The summed E-state index contributed by atoms with van der Waals surface area (Å²) in [6.45, 7) is 2.24. The van der Waals surface area contributed by atoms with Crippen LogP contribution in [0.5, 0.6) is 5.75 Å². The van der Waals surface area contributed by atoms with Crippen LogP contribution in [0.1, 0.15) is 18.9 Å². The van der Waals surface area contributed by atoms with Crippen LogP contribution in [-0.2, 0) is 22.7 Å². The molecule has 162 valence electrons. The second kappa shape index (κ2) is 9.34. The second-order valence-corrected chi connectivity index (χ2v) is 7.48. The molecule has 1 amide bonds. The third kappa shape index (κ3) is 5.13. The van der Waals surface area contributed by atoms with Gasteiger partial charge < -0.3 is 15.2 Å². The van der Waals surface area contributed by atoms with Crippen molar-refractivity contribution in [3.05, 3.63) is 78.5 Å². The number of carbonyl (C=O) groups excluding carboxylic acids is 1. The van der Waals surface area contributed by atoms with E-state index in [4.69, 9.17) is 9.84 Å². The standard InChI is InChI=1S/C25H23N3O4/c1-17(29)27-22-4-2-3-20(13-22)19-7-5-18(6-8-19)16-32-23-9-10-24-21(14-23)15-26-28(24)12-11-25(30)31/h2-10,13-15H,11-12,16H2,1H3,(H,27,29)(H,30,31). The molecule has 0 atom stereocenters. The Morgan fingerprint density at radius 2 is 1.84 bits per heavy atom. The van der Waals surface area contributed by atoms with E-state index in [1.54, 1.807) is 10.9 Å². The van der Waals surface area contributed by atoms with Gasteiger partial charge in [0.25, 0.3) is 0 Å². The molecule has 0 aliphatic rings. The van der Waals surface area contributed by atoms with Crippen LogP contribution in [0.4, 0.5) is 5.69 Å². The minimum atomic E-state index is -0.847. The number of carboxylic acids is 1. The number of hydrogen-bond donors (Lipinski definition) is 2. The molecule has 4 rings (SSSR count). The monoisotopic (exact) mass is 429 g/mol. The van der Waals surface area contributed by atoms with Gasteiger partial charge in [-0.05, 0) is 47.0 Å². The number of amides is 1. The molecule has 1 aromatic heterocycles. The quantitative estimate of drug-likeness (QED) is 0.423. The van der Waals surface area contributed by atoms with Crippen molar-refractivity contribution in [2.45, 2.75) is 26.5 Å². The average molecular weight is 429 g/mol. The lowest BCUT2D eigenvalue weighted by atomic mass is 10.0. The summed E-state index contributed by atoms with van der Waals surface area (Å²) in [5.41, 5.74) is 4.75. The topological polar surface area (TPSA) is 93.5 Å². The van der Waals surface area contributed by atoms with E-state index in [0.29, 0.717) is 13.2 Å². The van der Waals surface area contributed by atoms with Gasteiger partial charge in [0.1, 0.15) is 12.4 Å². The molecule has 0 radical (unpaired) electrons. The minimum absolute atomic E-state index is 0.0303. The Bertz CT molecular complexity index is 1260. The number of rotatable bonds is 8. The first-order valence-electron chi connectivity index (χ1n) is 10.2. The Hall–Kier alpha value is -4.13. The van der Waals surface area contributed by atoms with E-state index < -0.39 is 5.97 Å². The molecule has 3 aromatic carbocycles. The highest BCUT2D eigenvalue weighted by molar-refractivity contribution is 5.89. The van der Waals surface area contributed by atoms with Crippen LogP contribution in [0.15, 0.2) is 72.9 Å². The normalized spacial score (nSPS) is 10.8. The highest BCUT2D eigenvalue weighted by atomic mass is 16.5. The predicted octanol–water partition coefficient (Wildman–Crippen LogP) is 4.72. The van der Waals surface area contributed by atoms with Crippen molar-refractivity contribution in [3.8, 4) is 16.9 Å². The molecule has 2 N–H and O–H groups in total. The van der Waals surface area contributed by atoms with Crippen molar-refractivity contribution in [3.63, 3.8) is 0 Å². The lowest BCUT2D eigenvalue weighted by molar-refractivity contribution is -0.137. The Balaban J connectivity index is 1.40. The predicted molar refractivity (Wildman–Crippen MR) is 122 cm³/mol. The van der Waals surface area contributed by atoms with Gasteiger partial charge in [0.15, 0.2) is 0 Å². The first-order valence-corrected chi connectivity index (χ1v) is 10.2. The summed E-state index contributed by atoms with van der Waals surface area (Å²) >= 11 is 0. The van der Waals surface area contributed by atoms with E-state index in [9.17, 15) is 9.59 Å². The van der Waals surface area contributed by atoms with Crippen LogP contribution in [0.25, 0.3) is 22.0 Å². The van der Waals surface area contributed by atoms with Crippen molar-refractivity contribution >= 4 is 28.5 Å². The van der Waals surface area contributed by atoms with E-state index in [-0.39, 0.29) is 12.3 Å². The molecule has 0 saturated heterocycles. The van der Waals surface area contributed by atoms with Crippen molar-refractivity contribution in [2.75, 3.05) is 5.32 Å². The Morgan fingerprint density at radius 3 is 2.59 bits per heavy atom. The molecule has 4 aromatic rings. The van der Waals surface area contributed by atoms with Gasteiger partial charge in [-0.3, -0.25) is 14.3 Å². The average Bonchev–Trinajstić information content (AvgIpc) is 3.18. The summed E-state index contributed by atoms with van der Waals surface area (Å²) in [5, 5.41) is 16.8. The van der Waals surface area contributed by atoms with E-state index in [1.165, 1.54) is 6.92 Å². The van der Waals surface area contributed by atoms with E-state index in [1.807, 2.05) is 66.7 Å². The number of anilines is 1. The van der Waals surface area contributed by atoms with Gasteiger partial charge in [-0.15, -0.1) is 0 Å². The fourth-order valence-corrected chi connectivity index (χ4v) is 3.47. The third-order valence-corrected chi connectivity index (χ3v) is 5.03. The maximum atomic E-state index is 11.3. The molecule has 0 saturated carbocycles. The molecule has 0 spiro atoms. The Labute approximate surface area is 185 Å². The molecule has 1 heterocycles. The smallest absolute Gasteiger partial charge is 0.305 e. The van der Waals surface area contributed by atoms with Gasteiger partial charge in [0, 0.05) is 18.0 Å². The highest BCUT2D eigenvalue weighted by Crippen LogP contribution is 2.25. The van der Waals surface area contributed by atoms with Crippen molar-refractivity contribution < 1.29 is 19.4 Å². The van der Waals surface area contributed by atoms with E-state index in [0.717, 1.165) is 39.0 Å². The van der Waals surface area contributed by atoms with Crippen LogP contribution in [0.3, 0.4) is 0 Å². The summed E-state index contributed by atoms with van der Waals surface area (Å²) in [6.07, 6.45) is 1.75. The van der Waals surface area contributed by atoms with Gasteiger partial charge in [0.05, 0.1) is 24.7 Å². The summed E-state index contributed by atoms with van der Waals surface area (Å²) in [6, 6.07) is 21.5. The van der Waals surface area contributed by atoms with Gasteiger partial charge in [-0.1, -0.05) is 36.4 Å². The van der Waals surface area contributed by atoms with Gasteiger partial charge in [0.2, 0.25) is 5.91 Å². The molecule has 32 heavy (non-hydrogen) atoms. The van der Waals surface area contributed by atoms with Gasteiger partial charge in [-0.2, -0.15) is 5.10 Å². The zero-order valence-electron chi connectivity index (χ0n) is 17.6. The van der Waals surface area contributed by atoms with Gasteiger partial charge in [-0.25, -0.2) is 0 Å². The summed E-state index contributed by atoms with van der Waals surface area (Å²) in [4.78, 5) is 22.1. The number of nitrogens with one attached hydrogen (secondary N) is 1. The second-order valence-electron chi connectivity index (χ2n) is 7.48. The molecule has 0 aliphatic heterocycles. The van der Waals surface area contributed by atoms with Crippen molar-refractivity contribution in [1.82, 2.24) is 9.78 Å². The number of carboxylic acid groups (broad SMARTS) is 1. The zero-order valence-corrected chi connectivity index (χ0v) is 17.6. The van der Waals surface area contributed by atoms with Crippen LogP contribution in [-0.4, -0.2) is 26.8 Å². The molecular weight excluding hydrogens is 406 g/mol. The molecule has 0 unspecified atom stereocenters. The van der Waals surface area contributed by atoms with Crippen LogP contribution < -0.4 is 10.1 Å². The fourth-order valence-electron chi connectivity index (χ4n) is 3.47. The maximum Gasteiger partial charge on any atom is 0.305 e. The lowest BCUT2D eigenvalue weighted by Crippen LogP contribution is -2.05. The van der Waals surface area contributed by atoms with Crippen molar-refractivity contribution in [1.29, 1.82) is 0 Å². The Kier molecular flexibility index (Phi) is 6.17. The summed E-state index contributed by atoms with van der Waals surface area (Å²) in [5.74, 6) is -0.220. The van der Waals surface area contributed by atoms with Crippen LogP contribution in [0, 0.1) is 0 Å². The number of nitrogens with zero attached hydrogens (tertiary/aromatic N) is 2. The summed E-state index contributed by atoms with van der Waals surface area (Å²) in [7, 11) is 0. The first kappa shape index (κ1) is 21.1. The molecule has 0 fully saturated rings. The molecule has 0 aliphatic carbocycles. The fraction of sp³-hybridized carbons (Fsp3) is 0.160. The largest absolute Gasteiger partial charge is 0.489 e. The van der Waals surface area contributed by atoms with E-state index >= 15 is 0 Å². The first-order chi connectivity index (χ1) is 15.5. The summed E-state index contributed by atoms with van der Waals surface area (Å²) < 4.78 is 7.62. The third-order valence-electron chi connectivity index (χ3n) is 5.03. The molecule has 7 nitrogen and oxygen atoms in total. The van der Waals surface area contributed by atoms with E-state index in [2.05, 4.69) is 10.4 Å². The number of ether oxygens (including phenoxy) is 1. The van der Waals surface area contributed by atoms with Crippen molar-refractivity contribution in [2.24, 2.45) is 0 Å². The van der Waals surface area contributed by atoms with Gasteiger partial charge >= 0.3 is 5.97 Å². The number of aromatic nitrogens is 2. The number of carbonyl (C=O) groups is 2. The highest BCUT2D eigenvalue weighted by Gasteiger charge is 2.07. The maximum absolute atomic E-state index is 11.3. The Morgan fingerprint density at radius 1 is 1.03 bits per heavy atom. The molecular formula is C25H23N3O4. The number of benzene rings is 3. The SMILES string of the molecule is CC(=O)Nc1cccc(-c2ccc(COc3ccc4c(cnn4CCC(=O)O)c3)cc2)c1. The molecule has 0 bridgehead atoms. The van der Waals surface area contributed by atoms with Crippen LogP contribution >= 0.6 is 0 Å².